The summed E-state index contributed by atoms with van der Waals surface area (Å²) < 4.78 is 0. The average molecular weight is 220 g/mol. The van der Waals surface area contributed by atoms with E-state index in [2.05, 4.69) is 35.1 Å². The molecule has 2 nitrogen and oxygen atoms in total. The number of alkyl halides is 1. The summed E-state index contributed by atoms with van der Waals surface area (Å²) in [5.41, 5.74) is 0.349. The lowest BCUT2D eigenvalue weighted by molar-refractivity contribution is -0.120. The third kappa shape index (κ3) is 2.47. The second-order valence-corrected chi connectivity index (χ2v) is 4.54. The van der Waals surface area contributed by atoms with Crippen molar-refractivity contribution in [3.63, 3.8) is 0 Å². The predicted molar refractivity (Wildman–Crippen MR) is 48.7 cm³/mol. The van der Waals surface area contributed by atoms with Crippen molar-refractivity contribution in [2.45, 2.75) is 32.7 Å². The Hall–Kier alpha value is -0.0500. The van der Waals surface area contributed by atoms with E-state index in [4.69, 9.17) is 0 Å². The van der Waals surface area contributed by atoms with Crippen molar-refractivity contribution in [1.82, 2.24) is 5.32 Å². The van der Waals surface area contributed by atoms with E-state index in [1.165, 1.54) is 0 Å². The summed E-state index contributed by atoms with van der Waals surface area (Å²) in [6, 6.07) is 0.425. The molecule has 0 aliphatic heterocycles. The topological polar surface area (TPSA) is 29.1 Å². The Kier molecular flexibility index (Phi) is 2.58. The standard InChI is InChI=1S/C8H14BrNO/c1-8(2)5-6(8)10-7(11)3-4-9/h6H,3-5H2,1-2H3,(H,10,11). The zero-order valence-electron chi connectivity index (χ0n) is 6.98. The first-order valence-electron chi connectivity index (χ1n) is 3.91. The summed E-state index contributed by atoms with van der Waals surface area (Å²) in [5, 5.41) is 3.73. The van der Waals surface area contributed by atoms with Crippen LogP contribution in [-0.4, -0.2) is 17.3 Å². The van der Waals surface area contributed by atoms with Crippen molar-refractivity contribution in [2.75, 3.05) is 5.33 Å². The summed E-state index contributed by atoms with van der Waals surface area (Å²) in [5.74, 6) is 0.164. The number of amides is 1. The van der Waals surface area contributed by atoms with Crippen LogP contribution in [0.5, 0.6) is 0 Å². The maximum atomic E-state index is 11.0. The molecule has 3 heteroatoms. The van der Waals surface area contributed by atoms with Crippen LogP contribution in [0.4, 0.5) is 0 Å². The smallest absolute Gasteiger partial charge is 0.221 e. The fourth-order valence-electron chi connectivity index (χ4n) is 1.07. The lowest BCUT2D eigenvalue weighted by atomic mass is 10.2. The first kappa shape index (κ1) is 9.04. The summed E-state index contributed by atoms with van der Waals surface area (Å²) in [4.78, 5) is 11.0. The highest BCUT2D eigenvalue weighted by molar-refractivity contribution is 9.09. The van der Waals surface area contributed by atoms with Gasteiger partial charge in [-0.15, -0.1) is 0 Å². The highest BCUT2D eigenvalue weighted by Crippen LogP contribution is 2.44. The number of hydrogen-bond acceptors (Lipinski definition) is 1. The van der Waals surface area contributed by atoms with Crippen molar-refractivity contribution < 1.29 is 4.79 Å². The molecule has 1 aliphatic rings. The van der Waals surface area contributed by atoms with E-state index in [9.17, 15) is 4.79 Å². The van der Waals surface area contributed by atoms with Crippen LogP contribution in [0.1, 0.15) is 26.7 Å². The Morgan fingerprint density at radius 1 is 1.73 bits per heavy atom. The van der Waals surface area contributed by atoms with Crippen LogP contribution in [0, 0.1) is 5.41 Å². The van der Waals surface area contributed by atoms with Gasteiger partial charge < -0.3 is 5.32 Å². The van der Waals surface area contributed by atoms with Gasteiger partial charge in [0, 0.05) is 17.8 Å². The van der Waals surface area contributed by atoms with Gasteiger partial charge in [0.15, 0.2) is 0 Å². The third-order valence-corrected chi connectivity index (χ3v) is 2.57. The van der Waals surface area contributed by atoms with Crippen molar-refractivity contribution in [3.05, 3.63) is 0 Å². The van der Waals surface area contributed by atoms with Gasteiger partial charge in [-0.25, -0.2) is 0 Å². The Morgan fingerprint density at radius 3 is 2.64 bits per heavy atom. The van der Waals surface area contributed by atoms with E-state index in [-0.39, 0.29) is 5.91 Å². The number of halogens is 1. The van der Waals surface area contributed by atoms with Gasteiger partial charge in [-0.2, -0.15) is 0 Å². The van der Waals surface area contributed by atoms with Crippen LogP contribution in [0.25, 0.3) is 0 Å². The molecule has 1 atom stereocenters. The molecule has 1 saturated carbocycles. The van der Waals surface area contributed by atoms with Crippen LogP contribution in [-0.2, 0) is 4.79 Å². The maximum absolute atomic E-state index is 11.0. The number of carbonyl (C=O) groups is 1. The maximum Gasteiger partial charge on any atom is 0.221 e. The Balaban J connectivity index is 2.18. The minimum Gasteiger partial charge on any atom is -0.353 e. The van der Waals surface area contributed by atoms with Gasteiger partial charge in [-0.05, 0) is 11.8 Å². The fraction of sp³-hybridized carbons (Fsp3) is 0.875. The van der Waals surface area contributed by atoms with Gasteiger partial charge in [0.2, 0.25) is 5.91 Å². The molecule has 0 saturated heterocycles. The molecule has 0 aromatic rings. The van der Waals surface area contributed by atoms with E-state index in [1.807, 2.05) is 0 Å². The van der Waals surface area contributed by atoms with E-state index >= 15 is 0 Å². The summed E-state index contributed by atoms with van der Waals surface area (Å²) in [6.45, 7) is 4.35. The molecular formula is C8H14BrNO. The number of hydrogen-bond donors (Lipinski definition) is 1. The Morgan fingerprint density at radius 2 is 2.27 bits per heavy atom. The van der Waals surface area contributed by atoms with Gasteiger partial charge in [-0.3, -0.25) is 4.79 Å². The van der Waals surface area contributed by atoms with Gasteiger partial charge in [0.25, 0.3) is 0 Å². The molecule has 0 heterocycles. The second-order valence-electron chi connectivity index (χ2n) is 3.75. The quantitative estimate of drug-likeness (QED) is 0.720. The predicted octanol–water partition coefficient (Wildman–Crippen LogP) is 1.69. The fourth-order valence-corrected chi connectivity index (χ4v) is 1.43. The van der Waals surface area contributed by atoms with Gasteiger partial charge in [-0.1, -0.05) is 29.8 Å². The normalized spacial score (nSPS) is 26.3. The van der Waals surface area contributed by atoms with E-state index in [1.54, 1.807) is 0 Å². The largest absolute Gasteiger partial charge is 0.353 e. The highest BCUT2D eigenvalue weighted by atomic mass is 79.9. The summed E-state index contributed by atoms with van der Waals surface area (Å²) in [7, 11) is 0. The molecule has 0 bridgehead atoms. The first-order chi connectivity index (χ1) is 5.06. The average Bonchev–Trinajstić information content (AvgIpc) is 2.39. The number of carbonyl (C=O) groups excluding carboxylic acids is 1. The minimum absolute atomic E-state index is 0.164. The van der Waals surface area contributed by atoms with Crippen LogP contribution < -0.4 is 5.32 Å². The second kappa shape index (κ2) is 3.13. The van der Waals surface area contributed by atoms with Crippen molar-refractivity contribution in [2.24, 2.45) is 5.41 Å². The van der Waals surface area contributed by atoms with E-state index < -0.39 is 0 Å². The van der Waals surface area contributed by atoms with Gasteiger partial charge in [0.05, 0.1) is 0 Å². The van der Waals surface area contributed by atoms with Crippen molar-refractivity contribution in [3.8, 4) is 0 Å². The Bertz CT molecular complexity index is 167. The molecule has 0 spiro atoms. The molecule has 1 unspecified atom stereocenters. The zero-order valence-corrected chi connectivity index (χ0v) is 8.57. The van der Waals surface area contributed by atoms with Gasteiger partial charge in [0.1, 0.15) is 0 Å². The highest BCUT2D eigenvalue weighted by Gasteiger charge is 2.46. The minimum atomic E-state index is 0.164. The molecule has 1 aliphatic carbocycles. The lowest BCUT2D eigenvalue weighted by Crippen LogP contribution is -2.28. The van der Waals surface area contributed by atoms with Crippen molar-refractivity contribution in [1.29, 1.82) is 0 Å². The first-order valence-corrected chi connectivity index (χ1v) is 5.04. The summed E-state index contributed by atoms with van der Waals surface area (Å²) in [6.07, 6.45) is 1.72. The zero-order chi connectivity index (χ0) is 8.48. The van der Waals surface area contributed by atoms with E-state index in [0.29, 0.717) is 17.9 Å². The number of rotatable bonds is 3. The van der Waals surface area contributed by atoms with Gasteiger partial charge >= 0.3 is 0 Å². The van der Waals surface area contributed by atoms with Crippen LogP contribution >= 0.6 is 15.9 Å². The van der Waals surface area contributed by atoms with Crippen LogP contribution in [0.3, 0.4) is 0 Å². The molecule has 0 radical (unpaired) electrons. The molecule has 1 fully saturated rings. The molecular weight excluding hydrogens is 206 g/mol. The number of nitrogens with one attached hydrogen (secondary N) is 1. The SMILES string of the molecule is CC1(C)CC1NC(=O)CCBr. The summed E-state index contributed by atoms with van der Waals surface area (Å²) >= 11 is 3.23. The lowest BCUT2D eigenvalue weighted by Gasteiger charge is -2.04. The molecule has 11 heavy (non-hydrogen) atoms. The molecule has 64 valence electrons. The Labute approximate surface area is 75.9 Å². The molecule has 1 N–H and O–H groups in total. The van der Waals surface area contributed by atoms with Crippen molar-refractivity contribution >= 4 is 21.8 Å². The molecule has 0 aromatic heterocycles. The van der Waals surface area contributed by atoms with Crippen LogP contribution in [0.2, 0.25) is 0 Å². The molecule has 1 rings (SSSR count). The molecule has 0 aromatic carbocycles. The van der Waals surface area contributed by atoms with E-state index in [0.717, 1.165) is 11.8 Å². The third-order valence-electron chi connectivity index (χ3n) is 2.17. The van der Waals surface area contributed by atoms with Crippen LogP contribution in [0.15, 0.2) is 0 Å². The molecule has 1 amide bonds. The monoisotopic (exact) mass is 219 g/mol.